The first-order valence-corrected chi connectivity index (χ1v) is 5.82. The van der Waals surface area contributed by atoms with Crippen LogP contribution in [0.3, 0.4) is 0 Å². The summed E-state index contributed by atoms with van der Waals surface area (Å²) < 4.78 is 5.19. The van der Waals surface area contributed by atoms with Gasteiger partial charge in [0.25, 0.3) is 0 Å². The summed E-state index contributed by atoms with van der Waals surface area (Å²) >= 11 is 0. The summed E-state index contributed by atoms with van der Waals surface area (Å²) in [6.07, 6.45) is 5.08. The molecule has 84 valence electrons. The van der Waals surface area contributed by atoms with Crippen molar-refractivity contribution in [1.29, 1.82) is 0 Å². The molecule has 0 bridgehead atoms. The Labute approximate surface area is 87.6 Å². The molecular formula is C11H24N2O. The molecule has 0 spiro atoms. The van der Waals surface area contributed by atoms with Crippen LogP contribution in [0.25, 0.3) is 0 Å². The summed E-state index contributed by atoms with van der Waals surface area (Å²) in [6, 6.07) is 1.22. The third-order valence-corrected chi connectivity index (χ3v) is 2.82. The molecule has 0 aromatic heterocycles. The van der Waals surface area contributed by atoms with Gasteiger partial charge in [0.1, 0.15) is 0 Å². The second kappa shape index (κ2) is 7.21. The summed E-state index contributed by atoms with van der Waals surface area (Å²) in [5.41, 5.74) is 0. The highest BCUT2D eigenvalue weighted by Crippen LogP contribution is 2.04. The smallest absolute Gasteiger partial charge is 0.0615 e. The molecule has 2 unspecified atom stereocenters. The van der Waals surface area contributed by atoms with Gasteiger partial charge in [-0.15, -0.1) is 0 Å². The van der Waals surface area contributed by atoms with Crippen molar-refractivity contribution in [3.8, 4) is 0 Å². The third-order valence-electron chi connectivity index (χ3n) is 2.82. The van der Waals surface area contributed by atoms with Crippen molar-refractivity contribution in [1.82, 2.24) is 10.6 Å². The minimum atomic E-state index is 0.535. The second-order valence-corrected chi connectivity index (χ2v) is 4.14. The van der Waals surface area contributed by atoms with Gasteiger partial charge in [0.2, 0.25) is 0 Å². The summed E-state index contributed by atoms with van der Waals surface area (Å²) in [5, 5.41) is 7.07. The quantitative estimate of drug-likeness (QED) is 0.646. The SMILES string of the molecule is CCCC(COC)NCC1CCCN1. The van der Waals surface area contributed by atoms with Crippen molar-refractivity contribution >= 4 is 0 Å². The summed E-state index contributed by atoms with van der Waals surface area (Å²) in [7, 11) is 1.78. The first-order chi connectivity index (χ1) is 6.86. The van der Waals surface area contributed by atoms with Crippen molar-refractivity contribution in [2.24, 2.45) is 0 Å². The van der Waals surface area contributed by atoms with Gasteiger partial charge < -0.3 is 15.4 Å². The Bertz CT molecular complexity index is 129. The lowest BCUT2D eigenvalue weighted by Crippen LogP contribution is -2.41. The molecule has 0 aromatic rings. The Balaban J connectivity index is 2.10. The molecule has 2 atom stereocenters. The fraction of sp³-hybridized carbons (Fsp3) is 1.00. The Kier molecular flexibility index (Phi) is 6.15. The maximum atomic E-state index is 5.19. The van der Waals surface area contributed by atoms with Crippen LogP contribution in [0.1, 0.15) is 32.6 Å². The molecule has 0 amide bonds. The topological polar surface area (TPSA) is 33.3 Å². The molecule has 1 fully saturated rings. The average Bonchev–Trinajstić information content (AvgIpc) is 2.67. The van der Waals surface area contributed by atoms with Crippen molar-refractivity contribution in [3.05, 3.63) is 0 Å². The van der Waals surface area contributed by atoms with Crippen LogP contribution in [0.15, 0.2) is 0 Å². The molecule has 3 heteroatoms. The normalized spacial score (nSPS) is 24.0. The van der Waals surface area contributed by atoms with E-state index in [1.807, 2.05) is 0 Å². The minimum Gasteiger partial charge on any atom is -0.383 e. The predicted octanol–water partition coefficient (Wildman–Crippen LogP) is 1.14. The summed E-state index contributed by atoms with van der Waals surface area (Å²) in [6.45, 7) is 5.34. The van der Waals surface area contributed by atoms with Gasteiger partial charge >= 0.3 is 0 Å². The zero-order valence-corrected chi connectivity index (χ0v) is 9.51. The molecule has 0 saturated carbocycles. The second-order valence-electron chi connectivity index (χ2n) is 4.14. The maximum absolute atomic E-state index is 5.19. The number of ether oxygens (including phenoxy) is 1. The number of methoxy groups -OCH3 is 1. The molecule has 1 aliphatic rings. The van der Waals surface area contributed by atoms with Gasteiger partial charge in [-0.1, -0.05) is 13.3 Å². The summed E-state index contributed by atoms with van der Waals surface area (Å²) in [5.74, 6) is 0. The van der Waals surface area contributed by atoms with Crippen LogP contribution in [0.2, 0.25) is 0 Å². The molecule has 3 nitrogen and oxygen atoms in total. The zero-order chi connectivity index (χ0) is 10.2. The molecule has 0 radical (unpaired) electrons. The van der Waals surface area contributed by atoms with Gasteiger partial charge in [0.15, 0.2) is 0 Å². The van der Waals surface area contributed by atoms with Crippen molar-refractivity contribution in [2.45, 2.75) is 44.7 Å². The van der Waals surface area contributed by atoms with E-state index >= 15 is 0 Å². The molecule has 0 aromatic carbocycles. The van der Waals surface area contributed by atoms with Crippen molar-refractivity contribution in [2.75, 3.05) is 26.8 Å². The lowest BCUT2D eigenvalue weighted by molar-refractivity contribution is 0.161. The maximum Gasteiger partial charge on any atom is 0.0615 e. The molecule has 1 heterocycles. The molecule has 2 N–H and O–H groups in total. The van der Waals surface area contributed by atoms with Crippen LogP contribution in [0.5, 0.6) is 0 Å². The number of rotatable bonds is 7. The van der Waals surface area contributed by atoms with E-state index in [0.717, 1.165) is 13.2 Å². The van der Waals surface area contributed by atoms with Crippen molar-refractivity contribution in [3.63, 3.8) is 0 Å². The van der Waals surface area contributed by atoms with Gasteiger partial charge in [-0.25, -0.2) is 0 Å². The molecule has 1 saturated heterocycles. The standard InChI is InChI=1S/C11H24N2O/c1-3-5-11(9-14-2)13-8-10-6-4-7-12-10/h10-13H,3-9H2,1-2H3. The van der Waals surface area contributed by atoms with E-state index in [1.165, 1.54) is 32.2 Å². The number of hydrogen-bond acceptors (Lipinski definition) is 3. The van der Waals surface area contributed by atoms with Gasteiger partial charge in [0.05, 0.1) is 6.61 Å². The summed E-state index contributed by atoms with van der Waals surface area (Å²) in [4.78, 5) is 0. The van der Waals surface area contributed by atoms with Crippen LogP contribution >= 0.6 is 0 Å². The number of nitrogens with one attached hydrogen (secondary N) is 2. The van der Waals surface area contributed by atoms with E-state index in [0.29, 0.717) is 12.1 Å². The minimum absolute atomic E-state index is 0.535. The highest BCUT2D eigenvalue weighted by atomic mass is 16.5. The van der Waals surface area contributed by atoms with Crippen LogP contribution in [-0.4, -0.2) is 38.9 Å². The highest BCUT2D eigenvalue weighted by Gasteiger charge is 2.15. The van der Waals surface area contributed by atoms with Gasteiger partial charge in [-0.05, 0) is 25.8 Å². The lowest BCUT2D eigenvalue weighted by atomic mass is 10.1. The fourth-order valence-electron chi connectivity index (χ4n) is 2.03. The monoisotopic (exact) mass is 200 g/mol. The Morgan fingerprint density at radius 1 is 1.57 bits per heavy atom. The van der Waals surface area contributed by atoms with Gasteiger partial charge in [-0.2, -0.15) is 0 Å². The van der Waals surface area contributed by atoms with Crippen LogP contribution in [-0.2, 0) is 4.74 Å². The van der Waals surface area contributed by atoms with Crippen molar-refractivity contribution < 1.29 is 4.74 Å². The average molecular weight is 200 g/mol. The van der Waals surface area contributed by atoms with Crippen LogP contribution in [0.4, 0.5) is 0 Å². The van der Waals surface area contributed by atoms with E-state index < -0.39 is 0 Å². The molecule has 0 aliphatic carbocycles. The van der Waals surface area contributed by atoms with Crippen LogP contribution < -0.4 is 10.6 Å². The molecule has 1 rings (SSSR count). The predicted molar refractivity (Wildman–Crippen MR) is 59.6 cm³/mol. The van der Waals surface area contributed by atoms with E-state index in [4.69, 9.17) is 4.74 Å². The largest absolute Gasteiger partial charge is 0.383 e. The van der Waals surface area contributed by atoms with E-state index in [2.05, 4.69) is 17.6 Å². The van der Waals surface area contributed by atoms with Crippen LogP contribution in [0, 0.1) is 0 Å². The van der Waals surface area contributed by atoms with Gasteiger partial charge in [0, 0.05) is 25.7 Å². The highest BCUT2D eigenvalue weighted by molar-refractivity contribution is 4.78. The Morgan fingerprint density at radius 3 is 3.00 bits per heavy atom. The third kappa shape index (κ3) is 4.40. The van der Waals surface area contributed by atoms with E-state index in [-0.39, 0.29) is 0 Å². The molecular weight excluding hydrogens is 176 g/mol. The first-order valence-electron chi connectivity index (χ1n) is 5.82. The van der Waals surface area contributed by atoms with Gasteiger partial charge in [-0.3, -0.25) is 0 Å². The Hall–Kier alpha value is -0.120. The Morgan fingerprint density at radius 2 is 2.43 bits per heavy atom. The number of hydrogen-bond donors (Lipinski definition) is 2. The molecule has 14 heavy (non-hydrogen) atoms. The first kappa shape index (κ1) is 12.0. The fourth-order valence-corrected chi connectivity index (χ4v) is 2.03. The molecule has 1 aliphatic heterocycles. The zero-order valence-electron chi connectivity index (χ0n) is 9.51. The lowest BCUT2D eigenvalue weighted by Gasteiger charge is -2.19. The van der Waals surface area contributed by atoms with E-state index in [1.54, 1.807) is 7.11 Å². The van der Waals surface area contributed by atoms with E-state index in [9.17, 15) is 0 Å².